The van der Waals surface area contributed by atoms with Crippen LogP contribution in [0.2, 0.25) is 0 Å². The van der Waals surface area contributed by atoms with E-state index in [4.69, 9.17) is 0 Å². The zero-order valence-electron chi connectivity index (χ0n) is 11.8. The fourth-order valence-corrected chi connectivity index (χ4v) is 2.26. The van der Waals surface area contributed by atoms with E-state index in [1.807, 2.05) is 12.3 Å². The summed E-state index contributed by atoms with van der Waals surface area (Å²) in [4.78, 5) is 4.47. The molecule has 19 heavy (non-hydrogen) atoms. The van der Waals surface area contributed by atoms with E-state index in [-0.39, 0.29) is 0 Å². The Hall–Kier alpha value is -1.67. The van der Waals surface area contributed by atoms with Gasteiger partial charge in [0.1, 0.15) is 0 Å². The summed E-state index contributed by atoms with van der Waals surface area (Å²) in [5.74, 6) is 0. The molecule has 0 radical (unpaired) electrons. The first-order valence-electron chi connectivity index (χ1n) is 6.99. The maximum Gasteiger partial charge on any atom is 0.0573 e. The quantitative estimate of drug-likeness (QED) is 0.855. The van der Waals surface area contributed by atoms with Gasteiger partial charge in [0.05, 0.1) is 5.69 Å². The molecule has 1 unspecified atom stereocenters. The predicted molar refractivity (Wildman–Crippen MR) is 80.1 cm³/mol. The first kappa shape index (κ1) is 13.8. The normalized spacial score (nSPS) is 12.3. The van der Waals surface area contributed by atoms with Crippen molar-refractivity contribution in [3.63, 3.8) is 0 Å². The number of rotatable bonds is 6. The fraction of sp³-hybridized carbons (Fsp3) is 0.353. The largest absolute Gasteiger partial charge is 0.308 e. The summed E-state index contributed by atoms with van der Waals surface area (Å²) in [5.41, 5.74) is 3.88. The maximum absolute atomic E-state index is 4.47. The minimum Gasteiger partial charge on any atom is -0.308 e. The Labute approximate surface area is 115 Å². The molecule has 1 N–H and O–H groups in total. The average Bonchev–Trinajstić information content (AvgIpc) is 2.46. The Balaban J connectivity index is 1.88. The minimum absolute atomic E-state index is 0.453. The number of benzene rings is 1. The first-order valence-corrected chi connectivity index (χ1v) is 6.99. The molecule has 1 aromatic carbocycles. The van der Waals surface area contributed by atoms with Crippen molar-refractivity contribution in [2.75, 3.05) is 0 Å². The second-order valence-electron chi connectivity index (χ2n) is 4.93. The molecule has 1 aromatic heterocycles. The van der Waals surface area contributed by atoms with Gasteiger partial charge in [-0.1, -0.05) is 43.3 Å². The molecule has 2 rings (SSSR count). The Morgan fingerprint density at radius 2 is 1.89 bits per heavy atom. The number of aryl methyl sites for hydroxylation is 1. The van der Waals surface area contributed by atoms with E-state index in [1.165, 1.54) is 16.8 Å². The molecule has 100 valence electrons. The Kier molecular flexibility index (Phi) is 5.10. The molecule has 2 heteroatoms. The molecule has 0 saturated carbocycles. The van der Waals surface area contributed by atoms with Gasteiger partial charge >= 0.3 is 0 Å². The van der Waals surface area contributed by atoms with E-state index in [1.54, 1.807) is 0 Å². The van der Waals surface area contributed by atoms with Gasteiger partial charge in [0.25, 0.3) is 0 Å². The molecule has 1 heterocycles. The summed E-state index contributed by atoms with van der Waals surface area (Å²) in [6, 6.07) is 15.2. The SMILES string of the molecule is CCc1cccnc1CNC(C)Cc1ccccc1. The van der Waals surface area contributed by atoms with Crippen molar-refractivity contribution in [3.8, 4) is 0 Å². The standard InChI is InChI=1S/C17H22N2/c1-3-16-10-7-11-18-17(16)13-19-14(2)12-15-8-5-4-6-9-15/h4-11,14,19H,3,12-13H2,1-2H3. The summed E-state index contributed by atoms with van der Waals surface area (Å²) in [5, 5.41) is 3.56. The lowest BCUT2D eigenvalue weighted by Crippen LogP contribution is -2.28. The Morgan fingerprint density at radius 1 is 1.11 bits per heavy atom. The number of pyridine rings is 1. The lowest BCUT2D eigenvalue weighted by Gasteiger charge is -2.15. The van der Waals surface area contributed by atoms with Crippen molar-refractivity contribution in [2.24, 2.45) is 0 Å². The van der Waals surface area contributed by atoms with E-state index in [2.05, 4.69) is 60.5 Å². The van der Waals surface area contributed by atoms with Crippen molar-refractivity contribution in [1.29, 1.82) is 0 Å². The van der Waals surface area contributed by atoms with Gasteiger partial charge in [-0.2, -0.15) is 0 Å². The molecular weight excluding hydrogens is 232 g/mol. The molecule has 0 saturated heterocycles. The predicted octanol–water partition coefficient (Wildman–Crippen LogP) is 3.36. The Morgan fingerprint density at radius 3 is 2.63 bits per heavy atom. The van der Waals surface area contributed by atoms with Gasteiger partial charge in [0.15, 0.2) is 0 Å². The van der Waals surface area contributed by atoms with Gasteiger partial charge in [-0.3, -0.25) is 4.98 Å². The summed E-state index contributed by atoms with van der Waals surface area (Å²) in [6.07, 6.45) is 3.96. The fourth-order valence-electron chi connectivity index (χ4n) is 2.26. The second kappa shape index (κ2) is 7.05. The molecule has 2 nitrogen and oxygen atoms in total. The van der Waals surface area contributed by atoms with E-state index in [0.717, 1.165) is 19.4 Å². The van der Waals surface area contributed by atoms with Crippen LogP contribution in [0.4, 0.5) is 0 Å². The van der Waals surface area contributed by atoms with Crippen molar-refractivity contribution in [3.05, 3.63) is 65.5 Å². The van der Waals surface area contributed by atoms with Gasteiger partial charge in [-0.05, 0) is 37.0 Å². The molecule has 0 aliphatic carbocycles. The highest BCUT2D eigenvalue weighted by molar-refractivity contribution is 5.20. The molecule has 0 amide bonds. The number of aromatic nitrogens is 1. The summed E-state index contributed by atoms with van der Waals surface area (Å²) in [7, 11) is 0. The van der Waals surface area contributed by atoms with Crippen LogP contribution in [0.25, 0.3) is 0 Å². The molecule has 0 aliphatic heterocycles. The summed E-state index contributed by atoms with van der Waals surface area (Å²) in [6.45, 7) is 5.24. The third kappa shape index (κ3) is 4.18. The summed E-state index contributed by atoms with van der Waals surface area (Å²) >= 11 is 0. The second-order valence-corrected chi connectivity index (χ2v) is 4.93. The van der Waals surface area contributed by atoms with E-state index < -0.39 is 0 Å². The zero-order chi connectivity index (χ0) is 13.5. The van der Waals surface area contributed by atoms with Crippen LogP contribution in [0.1, 0.15) is 30.7 Å². The molecule has 0 fully saturated rings. The van der Waals surface area contributed by atoms with E-state index in [0.29, 0.717) is 6.04 Å². The van der Waals surface area contributed by atoms with Gasteiger partial charge in [-0.15, -0.1) is 0 Å². The van der Waals surface area contributed by atoms with Crippen molar-refractivity contribution < 1.29 is 0 Å². The highest BCUT2D eigenvalue weighted by atomic mass is 14.9. The smallest absolute Gasteiger partial charge is 0.0573 e. The molecule has 1 atom stereocenters. The number of nitrogens with zero attached hydrogens (tertiary/aromatic N) is 1. The van der Waals surface area contributed by atoms with Crippen LogP contribution in [0, 0.1) is 0 Å². The lowest BCUT2D eigenvalue weighted by molar-refractivity contribution is 0.538. The first-order chi connectivity index (χ1) is 9.29. The number of nitrogens with one attached hydrogen (secondary N) is 1. The van der Waals surface area contributed by atoms with Crippen LogP contribution in [-0.2, 0) is 19.4 Å². The number of hydrogen-bond acceptors (Lipinski definition) is 2. The van der Waals surface area contributed by atoms with E-state index >= 15 is 0 Å². The topological polar surface area (TPSA) is 24.9 Å². The third-order valence-corrected chi connectivity index (χ3v) is 3.37. The van der Waals surface area contributed by atoms with Gasteiger partial charge in [0, 0.05) is 18.8 Å². The van der Waals surface area contributed by atoms with Crippen LogP contribution in [-0.4, -0.2) is 11.0 Å². The van der Waals surface area contributed by atoms with Gasteiger partial charge in [0.2, 0.25) is 0 Å². The van der Waals surface area contributed by atoms with Crippen LogP contribution in [0.3, 0.4) is 0 Å². The third-order valence-electron chi connectivity index (χ3n) is 3.37. The average molecular weight is 254 g/mol. The van der Waals surface area contributed by atoms with Crippen LogP contribution in [0.15, 0.2) is 48.7 Å². The molecular formula is C17H22N2. The molecule has 0 spiro atoms. The van der Waals surface area contributed by atoms with Crippen molar-refractivity contribution >= 4 is 0 Å². The van der Waals surface area contributed by atoms with Crippen molar-refractivity contribution in [2.45, 2.75) is 39.3 Å². The van der Waals surface area contributed by atoms with Crippen LogP contribution >= 0.6 is 0 Å². The Bertz CT molecular complexity index is 494. The number of hydrogen-bond donors (Lipinski definition) is 1. The lowest BCUT2D eigenvalue weighted by atomic mass is 10.1. The highest BCUT2D eigenvalue weighted by Gasteiger charge is 2.05. The van der Waals surface area contributed by atoms with Crippen molar-refractivity contribution in [1.82, 2.24) is 10.3 Å². The zero-order valence-corrected chi connectivity index (χ0v) is 11.8. The molecule has 0 aliphatic rings. The monoisotopic (exact) mass is 254 g/mol. The van der Waals surface area contributed by atoms with Crippen LogP contribution < -0.4 is 5.32 Å². The summed E-state index contributed by atoms with van der Waals surface area (Å²) < 4.78 is 0. The van der Waals surface area contributed by atoms with Gasteiger partial charge in [-0.25, -0.2) is 0 Å². The van der Waals surface area contributed by atoms with Gasteiger partial charge < -0.3 is 5.32 Å². The molecule has 0 bridgehead atoms. The minimum atomic E-state index is 0.453. The maximum atomic E-state index is 4.47. The highest BCUT2D eigenvalue weighted by Crippen LogP contribution is 2.07. The molecule has 2 aromatic rings. The van der Waals surface area contributed by atoms with E-state index in [9.17, 15) is 0 Å². The van der Waals surface area contributed by atoms with Crippen LogP contribution in [0.5, 0.6) is 0 Å².